The first kappa shape index (κ1) is 16.0. The van der Waals surface area contributed by atoms with Crippen molar-refractivity contribution in [1.82, 2.24) is 10.1 Å². The van der Waals surface area contributed by atoms with Crippen molar-refractivity contribution in [3.8, 4) is 0 Å². The summed E-state index contributed by atoms with van der Waals surface area (Å²) in [5, 5.41) is 6.30. The van der Waals surface area contributed by atoms with Gasteiger partial charge >= 0.3 is 0 Å². The normalized spacial score (nSPS) is 28.3. The van der Waals surface area contributed by atoms with Crippen LogP contribution in [0.2, 0.25) is 0 Å². The van der Waals surface area contributed by atoms with Gasteiger partial charge in [0.2, 0.25) is 11.8 Å². The molecule has 3 unspecified atom stereocenters. The fourth-order valence-electron chi connectivity index (χ4n) is 2.92. The number of nitrogens with one attached hydrogen (secondary N) is 1. The van der Waals surface area contributed by atoms with Crippen molar-refractivity contribution in [2.24, 2.45) is 11.8 Å². The lowest BCUT2D eigenvalue weighted by Crippen LogP contribution is -2.39. The largest absolute Gasteiger partial charge is 0.360 e. The summed E-state index contributed by atoms with van der Waals surface area (Å²) in [6, 6.07) is 1.32. The number of anilines is 1. The third-order valence-electron chi connectivity index (χ3n) is 4.43. The van der Waals surface area contributed by atoms with E-state index in [9.17, 15) is 18.0 Å². The van der Waals surface area contributed by atoms with Crippen LogP contribution in [0, 0.1) is 18.8 Å². The molecule has 2 aliphatic rings. The summed E-state index contributed by atoms with van der Waals surface area (Å²) in [4.78, 5) is 26.0. The van der Waals surface area contributed by atoms with Gasteiger partial charge < -0.3 is 14.7 Å². The summed E-state index contributed by atoms with van der Waals surface area (Å²) in [5.74, 6) is -0.137. The number of hydrogen-bond donors (Lipinski definition) is 1. The lowest BCUT2D eigenvalue weighted by molar-refractivity contribution is -0.134. The van der Waals surface area contributed by atoms with Gasteiger partial charge in [0.25, 0.3) is 0 Å². The molecule has 1 saturated heterocycles. The molecule has 0 aromatic carbocycles. The molecule has 126 valence electrons. The van der Waals surface area contributed by atoms with Crippen molar-refractivity contribution in [3.63, 3.8) is 0 Å². The maximum Gasteiger partial charge on any atom is 0.229 e. The summed E-state index contributed by atoms with van der Waals surface area (Å²) in [5.41, 5.74) is 0. The Morgan fingerprint density at radius 1 is 1.39 bits per heavy atom. The van der Waals surface area contributed by atoms with Crippen LogP contribution in [0.15, 0.2) is 10.6 Å². The van der Waals surface area contributed by atoms with Gasteiger partial charge in [0.1, 0.15) is 5.76 Å². The van der Waals surface area contributed by atoms with Gasteiger partial charge in [-0.25, -0.2) is 8.42 Å². The summed E-state index contributed by atoms with van der Waals surface area (Å²) in [7, 11) is -1.43. The summed E-state index contributed by atoms with van der Waals surface area (Å²) >= 11 is 0. The zero-order valence-electron chi connectivity index (χ0n) is 13.0. The van der Waals surface area contributed by atoms with Gasteiger partial charge in [-0.2, -0.15) is 0 Å². The highest BCUT2D eigenvalue weighted by Crippen LogP contribution is 2.41. The molecule has 9 heteroatoms. The van der Waals surface area contributed by atoms with Crippen molar-refractivity contribution in [2.75, 3.05) is 23.9 Å². The second-order valence-corrected chi connectivity index (χ2v) is 8.50. The van der Waals surface area contributed by atoms with Gasteiger partial charge in [-0.1, -0.05) is 5.16 Å². The SMILES string of the molecule is Cc1cc(NC(=O)C2CC2C(=O)N(C)C2CCS(=O)(=O)C2)no1. The van der Waals surface area contributed by atoms with E-state index in [4.69, 9.17) is 4.52 Å². The zero-order valence-corrected chi connectivity index (χ0v) is 13.8. The molecule has 8 nitrogen and oxygen atoms in total. The molecular formula is C14H19N3O5S. The van der Waals surface area contributed by atoms with Gasteiger partial charge in [-0.15, -0.1) is 0 Å². The molecule has 0 bridgehead atoms. The average molecular weight is 341 g/mol. The minimum absolute atomic E-state index is 0.0110. The van der Waals surface area contributed by atoms with E-state index in [0.29, 0.717) is 24.4 Å². The number of aromatic nitrogens is 1. The molecule has 1 aliphatic heterocycles. The van der Waals surface area contributed by atoms with Gasteiger partial charge in [-0.05, 0) is 19.8 Å². The predicted molar refractivity (Wildman–Crippen MR) is 81.3 cm³/mol. The van der Waals surface area contributed by atoms with Gasteiger partial charge in [0.15, 0.2) is 15.7 Å². The second kappa shape index (κ2) is 5.63. The monoisotopic (exact) mass is 341 g/mol. The predicted octanol–water partition coefficient (Wildman–Crippen LogP) is 0.203. The summed E-state index contributed by atoms with van der Waals surface area (Å²) in [6.07, 6.45) is 0.942. The molecule has 3 rings (SSSR count). The Labute approximate surface area is 134 Å². The Morgan fingerprint density at radius 2 is 2.13 bits per heavy atom. The van der Waals surface area contributed by atoms with E-state index in [2.05, 4.69) is 10.5 Å². The number of aryl methyl sites for hydroxylation is 1. The minimum atomic E-state index is -3.04. The van der Waals surface area contributed by atoms with Gasteiger partial charge in [0, 0.05) is 19.2 Å². The fourth-order valence-corrected chi connectivity index (χ4v) is 4.70. The Bertz CT molecular complexity index is 741. The van der Waals surface area contributed by atoms with E-state index in [0.717, 1.165) is 0 Å². The molecule has 1 aliphatic carbocycles. The first-order valence-electron chi connectivity index (χ1n) is 7.48. The highest BCUT2D eigenvalue weighted by atomic mass is 32.2. The van der Waals surface area contributed by atoms with E-state index >= 15 is 0 Å². The van der Waals surface area contributed by atoms with Crippen LogP contribution in [0.5, 0.6) is 0 Å². The molecule has 0 spiro atoms. The Kier molecular flexibility index (Phi) is 3.91. The van der Waals surface area contributed by atoms with E-state index in [-0.39, 0.29) is 41.2 Å². The molecule has 0 radical (unpaired) electrons. The fraction of sp³-hybridized carbons (Fsp3) is 0.643. The third kappa shape index (κ3) is 3.39. The second-order valence-electron chi connectivity index (χ2n) is 6.27. The number of nitrogens with zero attached hydrogens (tertiary/aromatic N) is 2. The summed E-state index contributed by atoms with van der Waals surface area (Å²) < 4.78 is 27.9. The molecule has 1 N–H and O–H groups in total. The molecule has 2 heterocycles. The van der Waals surface area contributed by atoms with E-state index in [1.807, 2.05) is 0 Å². The molecule has 2 amide bonds. The van der Waals surface area contributed by atoms with Crippen LogP contribution in [0.4, 0.5) is 5.82 Å². The standard InChI is InChI=1S/C14H19N3O5S/c1-8-5-12(16-22-8)15-13(18)10-6-11(10)14(19)17(2)9-3-4-23(20,21)7-9/h5,9-11H,3-4,6-7H2,1-2H3,(H,15,16,18). The quantitative estimate of drug-likeness (QED) is 0.838. The summed E-state index contributed by atoms with van der Waals surface area (Å²) in [6.45, 7) is 1.72. The molecule has 2 fully saturated rings. The van der Waals surface area contributed by atoms with Crippen LogP contribution in [0.25, 0.3) is 0 Å². The number of sulfone groups is 1. The van der Waals surface area contributed by atoms with Crippen LogP contribution >= 0.6 is 0 Å². The van der Waals surface area contributed by atoms with Crippen LogP contribution in [-0.4, -0.2) is 54.9 Å². The highest BCUT2D eigenvalue weighted by molar-refractivity contribution is 7.91. The molecule has 1 saturated carbocycles. The number of carbonyl (C=O) groups is 2. The van der Waals surface area contributed by atoms with E-state index in [1.54, 1.807) is 20.0 Å². The maximum absolute atomic E-state index is 12.4. The topological polar surface area (TPSA) is 110 Å². The van der Waals surface area contributed by atoms with Gasteiger partial charge in [-0.3, -0.25) is 9.59 Å². The van der Waals surface area contributed by atoms with Crippen molar-refractivity contribution < 1.29 is 22.5 Å². The van der Waals surface area contributed by atoms with Crippen molar-refractivity contribution in [1.29, 1.82) is 0 Å². The van der Waals surface area contributed by atoms with Crippen LogP contribution in [0.1, 0.15) is 18.6 Å². The van der Waals surface area contributed by atoms with E-state index in [1.165, 1.54) is 4.90 Å². The van der Waals surface area contributed by atoms with Crippen LogP contribution in [0.3, 0.4) is 0 Å². The van der Waals surface area contributed by atoms with Crippen molar-refractivity contribution in [3.05, 3.63) is 11.8 Å². The molecule has 3 atom stereocenters. The van der Waals surface area contributed by atoms with Crippen LogP contribution < -0.4 is 5.32 Å². The molecule has 1 aromatic heterocycles. The lowest BCUT2D eigenvalue weighted by Gasteiger charge is -2.23. The third-order valence-corrected chi connectivity index (χ3v) is 6.18. The number of carbonyl (C=O) groups excluding carboxylic acids is 2. The average Bonchev–Trinajstić information content (AvgIpc) is 3.07. The Balaban J connectivity index is 1.55. The number of rotatable bonds is 4. The van der Waals surface area contributed by atoms with Crippen molar-refractivity contribution >= 4 is 27.5 Å². The molecule has 23 heavy (non-hydrogen) atoms. The first-order chi connectivity index (χ1) is 10.8. The molecule has 1 aromatic rings. The number of hydrogen-bond acceptors (Lipinski definition) is 6. The smallest absolute Gasteiger partial charge is 0.229 e. The van der Waals surface area contributed by atoms with E-state index < -0.39 is 9.84 Å². The van der Waals surface area contributed by atoms with Crippen LogP contribution in [-0.2, 0) is 19.4 Å². The lowest BCUT2D eigenvalue weighted by atomic mass is 10.2. The maximum atomic E-state index is 12.4. The minimum Gasteiger partial charge on any atom is -0.360 e. The first-order valence-corrected chi connectivity index (χ1v) is 9.30. The number of amides is 2. The Hall–Kier alpha value is -1.90. The molecular weight excluding hydrogens is 322 g/mol. The van der Waals surface area contributed by atoms with Gasteiger partial charge in [0.05, 0.1) is 23.3 Å². The van der Waals surface area contributed by atoms with Crippen molar-refractivity contribution in [2.45, 2.75) is 25.8 Å². The zero-order chi connectivity index (χ0) is 16.8. The Morgan fingerprint density at radius 3 is 2.70 bits per heavy atom. The highest BCUT2D eigenvalue weighted by Gasteiger charge is 2.50.